The highest BCUT2D eigenvalue weighted by Crippen LogP contribution is 2.69. The molecule has 0 spiro atoms. The first-order chi connectivity index (χ1) is 13.0. The SMILES string of the molecule is CC1=C2CC(C)C3C(C(C)CC4(C)C3CC(C)[C@@H]4C(C)C)C2C(C)C(C)C1=O. The highest BCUT2D eigenvalue weighted by Gasteiger charge is 2.63. The average Bonchev–Trinajstić information content (AvgIpc) is 2.87. The minimum absolute atomic E-state index is 0.203. The van der Waals surface area contributed by atoms with Crippen molar-refractivity contribution in [2.75, 3.05) is 0 Å². The van der Waals surface area contributed by atoms with Gasteiger partial charge in [-0.05, 0) is 96.4 Å². The molecule has 1 nitrogen and oxygen atoms in total. The van der Waals surface area contributed by atoms with E-state index in [1.54, 1.807) is 5.57 Å². The van der Waals surface area contributed by atoms with Crippen LogP contribution in [0.3, 0.4) is 0 Å². The lowest BCUT2D eigenvalue weighted by molar-refractivity contribution is -0.127. The zero-order valence-electron chi connectivity index (χ0n) is 19.9. The molecule has 0 aliphatic heterocycles. The third-order valence-electron chi connectivity index (χ3n) is 10.5. The molecular weight excluding hydrogens is 340 g/mol. The molecule has 158 valence electrons. The molecule has 0 N–H and O–H groups in total. The molecule has 0 saturated heterocycles. The fourth-order valence-corrected chi connectivity index (χ4v) is 9.83. The second-order valence-electron chi connectivity index (χ2n) is 12.3. The number of carbonyl (C=O) groups excluding carboxylic acids is 1. The molecule has 0 radical (unpaired) electrons. The zero-order chi connectivity index (χ0) is 20.7. The molecule has 0 amide bonds. The van der Waals surface area contributed by atoms with Crippen LogP contribution >= 0.6 is 0 Å². The number of carbonyl (C=O) groups is 1. The Hall–Kier alpha value is -0.590. The molecule has 4 aliphatic carbocycles. The van der Waals surface area contributed by atoms with Crippen molar-refractivity contribution in [3.8, 4) is 0 Å². The lowest BCUT2D eigenvalue weighted by Crippen LogP contribution is -2.55. The Morgan fingerprint density at radius 3 is 2.21 bits per heavy atom. The van der Waals surface area contributed by atoms with E-state index in [2.05, 4.69) is 62.3 Å². The lowest BCUT2D eigenvalue weighted by Gasteiger charge is -2.61. The maximum atomic E-state index is 12.9. The van der Waals surface area contributed by atoms with E-state index >= 15 is 0 Å². The first-order valence-electron chi connectivity index (χ1n) is 12.2. The fraction of sp³-hybridized carbons (Fsp3) is 0.889. The van der Waals surface area contributed by atoms with Crippen LogP contribution in [-0.4, -0.2) is 5.78 Å². The Bertz CT molecular complexity index is 686. The Balaban J connectivity index is 1.79. The molecule has 0 aromatic rings. The Morgan fingerprint density at radius 1 is 0.964 bits per heavy atom. The van der Waals surface area contributed by atoms with E-state index in [0.717, 1.165) is 52.9 Å². The second kappa shape index (κ2) is 6.71. The Kier molecular flexibility index (Phi) is 4.95. The van der Waals surface area contributed by atoms with Crippen LogP contribution in [0.2, 0.25) is 0 Å². The summed E-state index contributed by atoms with van der Waals surface area (Å²) in [7, 11) is 0. The molecule has 10 unspecified atom stereocenters. The molecule has 1 heteroatoms. The zero-order valence-corrected chi connectivity index (χ0v) is 19.9. The van der Waals surface area contributed by atoms with Gasteiger partial charge in [0.25, 0.3) is 0 Å². The van der Waals surface area contributed by atoms with Crippen molar-refractivity contribution in [1.82, 2.24) is 0 Å². The van der Waals surface area contributed by atoms with Gasteiger partial charge in [-0.15, -0.1) is 0 Å². The topological polar surface area (TPSA) is 17.1 Å². The number of hydrogen-bond acceptors (Lipinski definition) is 1. The molecule has 4 aliphatic rings. The molecule has 28 heavy (non-hydrogen) atoms. The van der Waals surface area contributed by atoms with Crippen molar-refractivity contribution in [3.63, 3.8) is 0 Å². The van der Waals surface area contributed by atoms with Crippen LogP contribution in [0.15, 0.2) is 11.1 Å². The van der Waals surface area contributed by atoms with Gasteiger partial charge in [-0.1, -0.05) is 61.0 Å². The van der Waals surface area contributed by atoms with Crippen LogP contribution in [0.1, 0.15) is 81.6 Å². The maximum absolute atomic E-state index is 12.9. The van der Waals surface area contributed by atoms with Crippen molar-refractivity contribution < 1.29 is 4.79 Å². The quantitative estimate of drug-likeness (QED) is 0.474. The van der Waals surface area contributed by atoms with Crippen molar-refractivity contribution in [2.24, 2.45) is 70.5 Å². The largest absolute Gasteiger partial charge is 0.294 e. The summed E-state index contributed by atoms with van der Waals surface area (Å²) in [5, 5.41) is 0. The van der Waals surface area contributed by atoms with Crippen molar-refractivity contribution in [1.29, 1.82) is 0 Å². The van der Waals surface area contributed by atoms with E-state index < -0.39 is 0 Å². The van der Waals surface area contributed by atoms with Gasteiger partial charge in [-0.3, -0.25) is 4.79 Å². The standard InChI is InChI=1S/C27H44O/c1-13(2)25-15(4)11-21-22-14(3)10-20-19(8)26(28)18(7)17(6)24(20)23(22)16(5)12-27(21,25)9/h13-18,21-25H,10-12H2,1-9H3/t14?,15?,16?,17?,18?,21?,22?,23?,24?,25-,27?/m0/s1. The van der Waals surface area contributed by atoms with E-state index in [9.17, 15) is 4.79 Å². The van der Waals surface area contributed by atoms with E-state index in [0.29, 0.717) is 23.0 Å². The van der Waals surface area contributed by atoms with Crippen molar-refractivity contribution >= 4 is 5.78 Å². The van der Waals surface area contributed by atoms with Gasteiger partial charge in [-0.25, -0.2) is 0 Å². The summed E-state index contributed by atoms with van der Waals surface area (Å²) in [5.41, 5.74) is 3.21. The van der Waals surface area contributed by atoms with E-state index in [-0.39, 0.29) is 5.92 Å². The summed E-state index contributed by atoms with van der Waals surface area (Å²) in [6, 6.07) is 0. The summed E-state index contributed by atoms with van der Waals surface area (Å²) in [6.07, 6.45) is 4.02. The van der Waals surface area contributed by atoms with Gasteiger partial charge in [0.1, 0.15) is 0 Å². The summed E-state index contributed by atoms with van der Waals surface area (Å²) < 4.78 is 0. The predicted molar refractivity (Wildman–Crippen MR) is 118 cm³/mol. The molecule has 0 bridgehead atoms. The van der Waals surface area contributed by atoms with Crippen LogP contribution < -0.4 is 0 Å². The van der Waals surface area contributed by atoms with Crippen molar-refractivity contribution in [2.45, 2.75) is 81.6 Å². The molecule has 0 aromatic heterocycles. The van der Waals surface area contributed by atoms with Gasteiger partial charge in [0, 0.05) is 5.92 Å². The lowest BCUT2D eigenvalue weighted by atomic mass is 9.44. The Morgan fingerprint density at radius 2 is 1.61 bits per heavy atom. The number of Topliss-reactive ketones (excluding diaryl/α,β-unsaturated/α-hetero) is 1. The van der Waals surface area contributed by atoms with Crippen LogP contribution in [0.25, 0.3) is 0 Å². The van der Waals surface area contributed by atoms with Gasteiger partial charge in [0.2, 0.25) is 0 Å². The molecule has 11 atom stereocenters. The van der Waals surface area contributed by atoms with Gasteiger partial charge in [0.05, 0.1) is 0 Å². The van der Waals surface area contributed by atoms with Crippen LogP contribution in [0, 0.1) is 70.5 Å². The smallest absolute Gasteiger partial charge is 0.161 e. The van der Waals surface area contributed by atoms with E-state index in [1.165, 1.54) is 19.3 Å². The van der Waals surface area contributed by atoms with Gasteiger partial charge in [-0.2, -0.15) is 0 Å². The minimum atomic E-state index is 0.203. The first kappa shape index (κ1) is 20.7. The van der Waals surface area contributed by atoms with Crippen LogP contribution in [-0.2, 0) is 4.79 Å². The normalized spacial score (nSPS) is 53.9. The van der Waals surface area contributed by atoms with E-state index in [4.69, 9.17) is 0 Å². The molecule has 3 saturated carbocycles. The average molecular weight is 385 g/mol. The Labute approximate surface area is 174 Å². The number of rotatable bonds is 1. The van der Waals surface area contributed by atoms with Gasteiger partial charge in [0.15, 0.2) is 5.78 Å². The summed E-state index contributed by atoms with van der Waals surface area (Å²) in [4.78, 5) is 12.9. The van der Waals surface area contributed by atoms with Gasteiger partial charge >= 0.3 is 0 Å². The molecule has 0 aromatic carbocycles. The third-order valence-corrected chi connectivity index (χ3v) is 10.5. The highest BCUT2D eigenvalue weighted by molar-refractivity contribution is 5.98. The van der Waals surface area contributed by atoms with Crippen molar-refractivity contribution in [3.05, 3.63) is 11.1 Å². The number of allylic oxidation sites excluding steroid dienone is 1. The fourth-order valence-electron chi connectivity index (χ4n) is 9.83. The molecule has 3 fully saturated rings. The number of hydrogen-bond donors (Lipinski definition) is 0. The molecule has 4 rings (SSSR count). The van der Waals surface area contributed by atoms with E-state index in [1.807, 2.05) is 0 Å². The monoisotopic (exact) mass is 384 g/mol. The highest BCUT2D eigenvalue weighted by atomic mass is 16.1. The minimum Gasteiger partial charge on any atom is -0.294 e. The predicted octanol–water partition coefficient (Wildman–Crippen LogP) is 7.02. The summed E-state index contributed by atoms with van der Waals surface area (Å²) in [6.45, 7) is 22.0. The van der Waals surface area contributed by atoms with Gasteiger partial charge < -0.3 is 0 Å². The maximum Gasteiger partial charge on any atom is 0.161 e. The summed E-state index contributed by atoms with van der Waals surface area (Å²) in [5.74, 6) is 8.35. The van der Waals surface area contributed by atoms with Crippen LogP contribution in [0.5, 0.6) is 0 Å². The third kappa shape index (κ3) is 2.59. The molecule has 0 heterocycles. The molecular formula is C27H44O. The number of ketones is 1. The van der Waals surface area contributed by atoms with Crippen LogP contribution in [0.4, 0.5) is 0 Å². The first-order valence-corrected chi connectivity index (χ1v) is 12.2. The number of fused-ring (bicyclic) bond motifs is 5. The second-order valence-corrected chi connectivity index (χ2v) is 12.3. The summed E-state index contributed by atoms with van der Waals surface area (Å²) >= 11 is 0.